The number of hydrogen-bond acceptors (Lipinski definition) is 2. The van der Waals surface area contributed by atoms with E-state index in [4.69, 9.17) is 5.26 Å². The Bertz CT molecular complexity index is 512. The number of nitrogens with zero attached hydrogens (tertiary/aromatic N) is 1. The van der Waals surface area contributed by atoms with E-state index < -0.39 is 41.4 Å². The maximum atomic E-state index is 12.4. The van der Waals surface area contributed by atoms with Crippen LogP contribution < -0.4 is 5.43 Å². The molecule has 1 heterocycles. The average molecular weight is 252 g/mol. The minimum atomic E-state index is -4.86. The molecule has 1 N–H and O–H groups in total. The largest absolute Gasteiger partial charge is 0.431 e. The van der Waals surface area contributed by atoms with Crippen molar-refractivity contribution in [2.24, 2.45) is 0 Å². The number of hydrogen-bond donors (Lipinski definition) is 1. The van der Waals surface area contributed by atoms with Crippen molar-refractivity contribution in [3.05, 3.63) is 33.2 Å². The second kappa shape index (κ2) is 4.53. The Hall–Kier alpha value is -1.91. The van der Waals surface area contributed by atoms with Crippen LogP contribution in [0.3, 0.4) is 0 Å². The van der Waals surface area contributed by atoms with E-state index in [2.05, 4.69) is 0 Å². The standard InChI is InChI=1S/C9H5F5N2O/c10-8(11)7-4(1-2-15)16-6(3-5(7)17)9(12,13)14/h3,8H,1H2,(H,16,17). The molecule has 0 aliphatic heterocycles. The second-order valence-corrected chi connectivity index (χ2v) is 3.07. The van der Waals surface area contributed by atoms with Gasteiger partial charge in [-0.15, -0.1) is 0 Å². The molecule has 0 amide bonds. The highest BCUT2D eigenvalue weighted by molar-refractivity contribution is 5.27. The molecular weight excluding hydrogens is 247 g/mol. The zero-order valence-electron chi connectivity index (χ0n) is 8.11. The van der Waals surface area contributed by atoms with Crippen LogP contribution in [0.2, 0.25) is 0 Å². The molecule has 0 saturated heterocycles. The Morgan fingerprint density at radius 3 is 2.41 bits per heavy atom. The van der Waals surface area contributed by atoms with Gasteiger partial charge >= 0.3 is 6.18 Å². The minimum Gasteiger partial charge on any atom is -0.353 e. The van der Waals surface area contributed by atoms with E-state index >= 15 is 0 Å². The van der Waals surface area contributed by atoms with Gasteiger partial charge in [0.2, 0.25) is 0 Å². The lowest BCUT2D eigenvalue weighted by molar-refractivity contribution is -0.141. The fourth-order valence-corrected chi connectivity index (χ4v) is 1.23. The van der Waals surface area contributed by atoms with Gasteiger partial charge in [0.05, 0.1) is 18.1 Å². The molecule has 0 spiro atoms. The number of rotatable bonds is 2. The molecule has 17 heavy (non-hydrogen) atoms. The summed E-state index contributed by atoms with van der Waals surface area (Å²) in [6.45, 7) is 0. The fraction of sp³-hybridized carbons (Fsp3) is 0.333. The Morgan fingerprint density at radius 2 is 2.00 bits per heavy atom. The van der Waals surface area contributed by atoms with Gasteiger partial charge in [0.25, 0.3) is 6.43 Å². The summed E-state index contributed by atoms with van der Waals surface area (Å²) in [6, 6.07) is 1.47. The molecule has 0 radical (unpaired) electrons. The van der Waals surface area contributed by atoms with Crippen molar-refractivity contribution in [1.29, 1.82) is 5.26 Å². The van der Waals surface area contributed by atoms with Gasteiger partial charge in [-0.3, -0.25) is 4.79 Å². The lowest BCUT2D eigenvalue weighted by Gasteiger charge is -2.11. The lowest BCUT2D eigenvalue weighted by atomic mass is 10.1. The zero-order valence-corrected chi connectivity index (χ0v) is 8.11. The predicted molar refractivity (Wildman–Crippen MR) is 46.3 cm³/mol. The summed E-state index contributed by atoms with van der Waals surface area (Å²) in [5.41, 5.74) is -4.68. The molecule has 0 unspecified atom stereocenters. The number of aromatic amines is 1. The molecule has 1 aromatic rings. The SMILES string of the molecule is N#CCc1[nH]c(C(F)(F)F)cc(=O)c1C(F)F. The molecule has 0 saturated carbocycles. The van der Waals surface area contributed by atoms with Crippen molar-refractivity contribution in [2.75, 3.05) is 0 Å². The third kappa shape index (κ3) is 2.81. The highest BCUT2D eigenvalue weighted by Gasteiger charge is 2.33. The van der Waals surface area contributed by atoms with E-state index in [1.54, 1.807) is 4.98 Å². The molecule has 0 aliphatic rings. The van der Waals surface area contributed by atoms with Crippen molar-refractivity contribution in [1.82, 2.24) is 4.98 Å². The summed E-state index contributed by atoms with van der Waals surface area (Å²) in [5.74, 6) is 0. The highest BCUT2D eigenvalue weighted by atomic mass is 19.4. The van der Waals surface area contributed by atoms with Crippen LogP contribution in [0, 0.1) is 11.3 Å². The molecule has 3 nitrogen and oxygen atoms in total. The summed E-state index contributed by atoms with van der Waals surface area (Å²) in [7, 11) is 0. The summed E-state index contributed by atoms with van der Waals surface area (Å²) in [5, 5.41) is 8.31. The van der Waals surface area contributed by atoms with Crippen LogP contribution in [0.5, 0.6) is 0 Å². The van der Waals surface area contributed by atoms with Crippen LogP contribution in [0.4, 0.5) is 22.0 Å². The zero-order chi connectivity index (χ0) is 13.2. The first-order valence-electron chi connectivity index (χ1n) is 4.25. The van der Waals surface area contributed by atoms with Crippen molar-refractivity contribution < 1.29 is 22.0 Å². The van der Waals surface area contributed by atoms with Gasteiger partial charge in [0.15, 0.2) is 5.43 Å². The van der Waals surface area contributed by atoms with Crippen LogP contribution in [0.25, 0.3) is 0 Å². The lowest BCUT2D eigenvalue weighted by Crippen LogP contribution is -2.20. The third-order valence-corrected chi connectivity index (χ3v) is 1.93. The number of pyridine rings is 1. The molecule has 0 atom stereocenters. The Kier molecular flexibility index (Phi) is 3.50. The summed E-state index contributed by atoms with van der Waals surface area (Å²) in [4.78, 5) is 12.8. The molecule has 0 aliphatic carbocycles. The predicted octanol–water partition coefficient (Wildman–Crippen LogP) is 2.40. The first-order valence-corrected chi connectivity index (χ1v) is 4.25. The van der Waals surface area contributed by atoms with Crippen LogP contribution >= 0.6 is 0 Å². The maximum Gasteiger partial charge on any atom is 0.431 e. The number of alkyl halides is 5. The van der Waals surface area contributed by atoms with E-state index in [0.29, 0.717) is 0 Å². The summed E-state index contributed by atoms with van der Waals surface area (Å²) >= 11 is 0. The van der Waals surface area contributed by atoms with Gasteiger partial charge in [0.1, 0.15) is 5.69 Å². The number of halogens is 5. The smallest absolute Gasteiger partial charge is 0.353 e. The molecule has 1 rings (SSSR count). The van der Waals surface area contributed by atoms with E-state index in [-0.39, 0.29) is 6.07 Å². The third-order valence-electron chi connectivity index (χ3n) is 1.93. The number of nitriles is 1. The van der Waals surface area contributed by atoms with E-state index in [1.807, 2.05) is 0 Å². The average Bonchev–Trinajstić information content (AvgIpc) is 2.15. The van der Waals surface area contributed by atoms with Gasteiger partial charge in [-0.05, 0) is 0 Å². The quantitative estimate of drug-likeness (QED) is 0.821. The van der Waals surface area contributed by atoms with Crippen molar-refractivity contribution in [2.45, 2.75) is 19.0 Å². The van der Waals surface area contributed by atoms with E-state index in [0.717, 1.165) is 0 Å². The van der Waals surface area contributed by atoms with Crippen LogP contribution in [-0.2, 0) is 12.6 Å². The van der Waals surface area contributed by atoms with E-state index in [9.17, 15) is 26.7 Å². The minimum absolute atomic E-state index is 0.0579. The number of nitrogens with one attached hydrogen (secondary N) is 1. The fourth-order valence-electron chi connectivity index (χ4n) is 1.23. The Balaban J connectivity index is 3.48. The van der Waals surface area contributed by atoms with Gasteiger partial charge in [0, 0.05) is 11.8 Å². The van der Waals surface area contributed by atoms with Crippen molar-refractivity contribution in [3.63, 3.8) is 0 Å². The maximum absolute atomic E-state index is 12.4. The number of H-pyrrole nitrogens is 1. The molecule has 92 valence electrons. The normalized spacial score (nSPS) is 11.6. The highest BCUT2D eigenvalue weighted by Crippen LogP contribution is 2.28. The Morgan fingerprint density at radius 1 is 1.41 bits per heavy atom. The topological polar surface area (TPSA) is 56.6 Å². The first-order chi connectivity index (χ1) is 7.77. The molecule has 0 fully saturated rings. The molecule has 1 aromatic heterocycles. The first kappa shape index (κ1) is 13.2. The van der Waals surface area contributed by atoms with Crippen LogP contribution in [-0.4, -0.2) is 4.98 Å². The van der Waals surface area contributed by atoms with Crippen molar-refractivity contribution in [3.8, 4) is 6.07 Å². The van der Waals surface area contributed by atoms with Gasteiger partial charge < -0.3 is 4.98 Å². The Labute approximate surface area is 91.5 Å². The van der Waals surface area contributed by atoms with Crippen LogP contribution in [0.1, 0.15) is 23.4 Å². The second-order valence-electron chi connectivity index (χ2n) is 3.07. The van der Waals surface area contributed by atoms with Gasteiger partial charge in [-0.25, -0.2) is 8.78 Å². The molecule has 0 bridgehead atoms. The van der Waals surface area contributed by atoms with Crippen molar-refractivity contribution >= 4 is 0 Å². The summed E-state index contributed by atoms with van der Waals surface area (Å²) < 4.78 is 61.7. The monoisotopic (exact) mass is 252 g/mol. The van der Waals surface area contributed by atoms with Crippen LogP contribution in [0.15, 0.2) is 10.9 Å². The van der Waals surface area contributed by atoms with E-state index in [1.165, 1.54) is 6.07 Å². The number of aromatic nitrogens is 1. The summed E-state index contributed by atoms with van der Waals surface area (Å²) in [6.07, 6.45) is -8.81. The van der Waals surface area contributed by atoms with Gasteiger partial charge in [-0.2, -0.15) is 18.4 Å². The molecule has 8 heteroatoms. The molecule has 0 aromatic carbocycles. The van der Waals surface area contributed by atoms with Gasteiger partial charge in [-0.1, -0.05) is 0 Å². The molecular formula is C9H5F5N2O.